The Balaban J connectivity index is 1.31. The van der Waals surface area contributed by atoms with Crippen LogP contribution in [0.25, 0.3) is 21.8 Å². The van der Waals surface area contributed by atoms with Crippen molar-refractivity contribution in [1.82, 2.24) is 0 Å². The van der Waals surface area contributed by atoms with Gasteiger partial charge in [-0.1, -0.05) is 45.9 Å². The van der Waals surface area contributed by atoms with E-state index in [-0.39, 0.29) is 0 Å². The Bertz CT molecular complexity index is 1020. The Morgan fingerprint density at radius 3 is 1.50 bits per heavy atom. The van der Waals surface area contributed by atoms with Crippen LogP contribution in [-0.4, -0.2) is 11.5 Å². The molecule has 0 atom stereocenters. The minimum atomic E-state index is 1.04. The zero-order chi connectivity index (χ0) is 19.3. The van der Waals surface area contributed by atoms with Gasteiger partial charge in [0.2, 0.25) is 11.0 Å². The minimum Gasteiger partial charge on any atom is -0.197 e. The van der Waals surface area contributed by atoms with Crippen molar-refractivity contribution >= 4 is 43.4 Å². The first-order chi connectivity index (χ1) is 13.7. The van der Waals surface area contributed by atoms with Crippen molar-refractivity contribution in [3.63, 3.8) is 0 Å². The molecule has 0 saturated heterocycles. The molecule has 0 amide bonds. The van der Waals surface area contributed by atoms with Crippen LogP contribution in [-0.2, 0) is 13.1 Å². The van der Waals surface area contributed by atoms with Gasteiger partial charge in [-0.05, 0) is 37.1 Å². The summed E-state index contributed by atoms with van der Waals surface area (Å²) in [6.07, 6.45) is 4.44. The van der Waals surface area contributed by atoms with E-state index in [0.717, 1.165) is 24.6 Å². The molecule has 0 aliphatic rings. The highest BCUT2D eigenvalue weighted by Crippen LogP contribution is 2.21. The molecule has 0 unspecified atom stereocenters. The van der Waals surface area contributed by atoms with E-state index in [1.165, 1.54) is 32.9 Å². The van der Waals surface area contributed by atoms with Gasteiger partial charge in [0.15, 0.2) is 25.5 Å². The van der Waals surface area contributed by atoms with Crippen LogP contribution in [0, 0.1) is 13.8 Å². The van der Waals surface area contributed by atoms with E-state index in [4.69, 9.17) is 0 Å². The Morgan fingerprint density at radius 1 is 0.607 bits per heavy atom. The summed E-state index contributed by atoms with van der Waals surface area (Å²) in [5.41, 5.74) is 5.34. The highest BCUT2D eigenvalue weighted by molar-refractivity contribution is 8.76. The summed E-state index contributed by atoms with van der Waals surface area (Å²) in [6.45, 7) is 6.45. The maximum atomic E-state index is 2.37. The molecule has 2 heterocycles. The molecule has 0 aliphatic heterocycles. The van der Waals surface area contributed by atoms with Crippen molar-refractivity contribution in [1.29, 1.82) is 0 Å². The predicted molar refractivity (Wildman–Crippen MR) is 123 cm³/mol. The molecule has 0 N–H and O–H groups in total. The summed E-state index contributed by atoms with van der Waals surface area (Å²) in [4.78, 5) is 0. The number of rotatable bonds is 7. The van der Waals surface area contributed by atoms with Gasteiger partial charge in [-0.25, -0.2) is 0 Å². The SMILES string of the molecule is Cc1cc[n+](CCSSCC[n+]2ccc(C)c3ccccc32)c2ccccc12. The molecule has 0 bridgehead atoms. The average Bonchev–Trinajstić information content (AvgIpc) is 2.74. The lowest BCUT2D eigenvalue weighted by Gasteiger charge is -2.05. The third kappa shape index (κ3) is 4.18. The van der Waals surface area contributed by atoms with Crippen LogP contribution in [0.15, 0.2) is 73.1 Å². The van der Waals surface area contributed by atoms with E-state index >= 15 is 0 Å². The van der Waals surface area contributed by atoms with Crippen molar-refractivity contribution in [2.24, 2.45) is 0 Å². The molecule has 2 aromatic heterocycles. The number of aryl methyl sites for hydroxylation is 4. The van der Waals surface area contributed by atoms with Crippen molar-refractivity contribution in [3.05, 3.63) is 84.2 Å². The molecule has 0 saturated carbocycles. The van der Waals surface area contributed by atoms with E-state index in [1.54, 1.807) is 0 Å². The topological polar surface area (TPSA) is 7.76 Å². The fraction of sp³-hybridized carbons (Fsp3) is 0.250. The molecule has 0 aliphatic carbocycles. The first kappa shape index (κ1) is 19.3. The van der Waals surface area contributed by atoms with E-state index in [2.05, 4.69) is 96.0 Å². The lowest BCUT2D eigenvalue weighted by atomic mass is 10.1. The van der Waals surface area contributed by atoms with E-state index < -0.39 is 0 Å². The Labute approximate surface area is 175 Å². The Kier molecular flexibility index (Phi) is 6.18. The maximum Gasteiger partial charge on any atom is 0.212 e. The number of aromatic nitrogens is 2. The second kappa shape index (κ2) is 8.97. The molecular formula is C24H26N2S2+2. The number of pyridine rings is 2. The fourth-order valence-electron chi connectivity index (χ4n) is 3.64. The van der Waals surface area contributed by atoms with Crippen molar-refractivity contribution in [2.75, 3.05) is 11.5 Å². The summed E-state index contributed by atoms with van der Waals surface area (Å²) in [5.74, 6) is 2.23. The lowest BCUT2D eigenvalue weighted by Crippen LogP contribution is -2.36. The van der Waals surface area contributed by atoms with E-state index in [9.17, 15) is 0 Å². The van der Waals surface area contributed by atoms with Crippen LogP contribution in [0.5, 0.6) is 0 Å². The lowest BCUT2D eigenvalue weighted by molar-refractivity contribution is -0.666. The Hall–Kier alpha value is -2.04. The standard InChI is InChI=1S/C24H26N2S2/c1-19-11-13-25(23-9-5-3-7-21(19)23)15-17-27-28-18-16-26-14-12-20(2)22-8-4-6-10-24(22)26/h3-14H,15-18H2,1-2H3/q+2. The fourth-order valence-corrected chi connectivity index (χ4v) is 5.57. The van der Waals surface area contributed by atoms with Crippen LogP contribution in [0.3, 0.4) is 0 Å². The molecule has 0 radical (unpaired) electrons. The zero-order valence-corrected chi connectivity index (χ0v) is 18.1. The van der Waals surface area contributed by atoms with Crippen molar-refractivity contribution in [2.45, 2.75) is 26.9 Å². The third-order valence-electron chi connectivity index (χ3n) is 5.20. The number of fused-ring (bicyclic) bond motifs is 2. The molecule has 142 valence electrons. The normalized spacial score (nSPS) is 11.4. The van der Waals surface area contributed by atoms with Crippen LogP contribution >= 0.6 is 21.6 Å². The number of hydrogen-bond acceptors (Lipinski definition) is 2. The molecule has 4 aromatic rings. The van der Waals surface area contributed by atoms with Gasteiger partial charge < -0.3 is 0 Å². The molecule has 0 spiro atoms. The molecule has 4 heteroatoms. The number of para-hydroxylation sites is 2. The second-order valence-electron chi connectivity index (χ2n) is 7.06. The number of hydrogen-bond donors (Lipinski definition) is 0. The second-order valence-corrected chi connectivity index (χ2v) is 9.76. The van der Waals surface area contributed by atoms with Crippen LogP contribution in [0.1, 0.15) is 11.1 Å². The first-order valence-corrected chi connectivity index (χ1v) is 12.2. The quantitative estimate of drug-likeness (QED) is 0.235. The summed E-state index contributed by atoms with van der Waals surface area (Å²) in [6, 6.07) is 21.8. The molecule has 28 heavy (non-hydrogen) atoms. The predicted octanol–water partition coefficient (Wildman–Crippen LogP) is 5.27. The smallest absolute Gasteiger partial charge is 0.197 e. The molecule has 0 fully saturated rings. The van der Waals surface area contributed by atoms with Gasteiger partial charge in [-0.15, -0.1) is 0 Å². The van der Waals surface area contributed by atoms with Gasteiger partial charge in [0, 0.05) is 35.0 Å². The number of benzene rings is 2. The van der Waals surface area contributed by atoms with Crippen LogP contribution < -0.4 is 9.13 Å². The van der Waals surface area contributed by atoms with Gasteiger partial charge in [0.05, 0.1) is 11.5 Å². The monoisotopic (exact) mass is 406 g/mol. The summed E-state index contributed by atoms with van der Waals surface area (Å²) >= 11 is 0. The summed E-state index contributed by atoms with van der Waals surface area (Å²) < 4.78 is 4.75. The van der Waals surface area contributed by atoms with E-state index in [1.807, 2.05) is 21.6 Å². The summed E-state index contributed by atoms with van der Waals surface area (Å²) in [5, 5.41) is 2.70. The highest BCUT2D eigenvalue weighted by Gasteiger charge is 2.11. The molecule has 4 rings (SSSR count). The third-order valence-corrected chi connectivity index (χ3v) is 7.57. The van der Waals surface area contributed by atoms with Crippen molar-refractivity contribution < 1.29 is 9.13 Å². The van der Waals surface area contributed by atoms with Gasteiger partial charge in [-0.2, -0.15) is 9.13 Å². The number of nitrogens with zero attached hydrogens (tertiary/aromatic N) is 2. The summed E-state index contributed by atoms with van der Waals surface area (Å²) in [7, 11) is 3.94. The van der Waals surface area contributed by atoms with Gasteiger partial charge in [0.25, 0.3) is 0 Å². The van der Waals surface area contributed by atoms with Crippen molar-refractivity contribution in [3.8, 4) is 0 Å². The molecule has 2 aromatic carbocycles. The van der Waals surface area contributed by atoms with E-state index in [0.29, 0.717) is 0 Å². The highest BCUT2D eigenvalue weighted by atomic mass is 33.1. The van der Waals surface area contributed by atoms with Gasteiger partial charge in [-0.3, -0.25) is 0 Å². The molecular weight excluding hydrogens is 380 g/mol. The van der Waals surface area contributed by atoms with Gasteiger partial charge in [0.1, 0.15) is 0 Å². The maximum absolute atomic E-state index is 2.37. The minimum absolute atomic E-state index is 1.04. The van der Waals surface area contributed by atoms with Crippen LogP contribution in [0.2, 0.25) is 0 Å². The van der Waals surface area contributed by atoms with Gasteiger partial charge >= 0.3 is 0 Å². The average molecular weight is 407 g/mol. The van der Waals surface area contributed by atoms with Crippen LogP contribution in [0.4, 0.5) is 0 Å². The zero-order valence-electron chi connectivity index (χ0n) is 16.5. The Morgan fingerprint density at radius 2 is 1.04 bits per heavy atom. The first-order valence-electron chi connectivity index (χ1n) is 9.74. The molecule has 2 nitrogen and oxygen atoms in total. The largest absolute Gasteiger partial charge is 0.212 e.